The smallest absolute Gasteiger partial charge is 0.273 e. The zero-order chi connectivity index (χ0) is 13.8. The molecule has 0 aliphatic heterocycles. The number of hydrogen-bond acceptors (Lipinski definition) is 4. The maximum atomic E-state index is 13.7. The summed E-state index contributed by atoms with van der Waals surface area (Å²) < 4.78 is 13.7. The number of thiocarbonyl (C=S) groups is 1. The standard InChI is InChI=1S/C11H10FN5OS/c12-8-3-6(10(13)19)1-2-7(8)4-14-11(18)9-5-15-17-16-9/h1-3,5H,4H2,(H2,13,19)(H,14,18)(H,15,16,17). The molecule has 0 aliphatic rings. The summed E-state index contributed by atoms with van der Waals surface area (Å²) >= 11 is 4.75. The third-order valence-corrected chi connectivity index (χ3v) is 2.66. The van der Waals surface area contributed by atoms with Gasteiger partial charge in [-0.3, -0.25) is 4.79 Å². The minimum Gasteiger partial charge on any atom is -0.389 e. The molecule has 4 N–H and O–H groups in total. The van der Waals surface area contributed by atoms with Crippen molar-refractivity contribution >= 4 is 23.1 Å². The lowest BCUT2D eigenvalue weighted by molar-refractivity contribution is 0.0945. The third kappa shape index (κ3) is 3.10. The summed E-state index contributed by atoms with van der Waals surface area (Å²) in [6.45, 7) is 0.0368. The van der Waals surface area contributed by atoms with E-state index in [-0.39, 0.29) is 17.2 Å². The van der Waals surface area contributed by atoms with E-state index in [1.54, 1.807) is 6.07 Å². The Balaban J connectivity index is 2.04. The lowest BCUT2D eigenvalue weighted by atomic mass is 10.1. The lowest BCUT2D eigenvalue weighted by Crippen LogP contribution is -2.23. The van der Waals surface area contributed by atoms with Gasteiger partial charge in [-0.2, -0.15) is 15.4 Å². The van der Waals surface area contributed by atoms with Crippen molar-refractivity contribution in [2.75, 3.05) is 0 Å². The van der Waals surface area contributed by atoms with Gasteiger partial charge in [0.15, 0.2) is 5.69 Å². The van der Waals surface area contributed by atoms with Crippen molar-refractivity contribution in [3.8, 4) is 0 Å². The molecule has 0 bridgehead atoms. The molecule has 0 unspecified atom stereocenters. The normalized spacial score (nSPS) is 10.2. The number of nitrogens with zero attached hydrogens (tertiary/aromatic N) is 2. The van der Waals surface area contributed by atoms with Gasteiger partial charge in [-0.05, 0) is 6.07 Å². The lowest BCUT2D eigenvalue weighted by Gasteiger charge is -2.06. The molecule has 0 radical (unpaired) electrons. The number of nitrogens with one attached hydrogen (secondary N) is 2. The molecule has 0 atom stereocenters. The van der Waals surface area contributed by atoms with Crippen LogP contribution in [0.15, 0.2) is 24.4 Å². The first-order chi connectivity index (χ1) is 9.08. The second-order valence-corrected chi connectivity index (χ2v) is 4.15. The van der Waals surface area contributed by atoms with Gasteiger partial charge in [0.05, 0.1) is 6.20 Å². The first-order valence-electron chi connectivity index (χ1n) is 5.30. The second-order valence-electron chi connectivity index (χ2n) is 3.71. The molecular weight excluding hydrogens is 269 g/mol. The van der Waals surface area contributed by atoms with Gasteiger partial charge in [0.2, 0.25) is 0 Å². The largest absolute Gasteiger partial charge is 0.389 e. The fourth-order valence-electron chi connectivity index (χ4n) is 1.42. The minimum absolute atomic E-state index is 0.0368. The molecule has 0 spiro atoms. The zero-order valence-electron chi connectivity index (χ0n) is 9.68. The van der Waals surface area contributed by atoms with Crippen LogP contribution in [0.5, 0.6) is 0 Å². The van der Waals surface area contributed by atoms with Gasteiger partial charge >= 0.3 is 0 Å². The summed E-state index contributed by atoms with van der Waals surface area (Å²) in [5.74, 6) is -0.919. The summed E-state index contributed by atoms with van der Waals surface area (Å²) in [5.41, 5.74) is 6.31. The van der Waals surface area contributed by atoms with Crippen LogP contribution in [0.4, 0.5) is 4.39 Å². The van der Waals surface area contributed by atoms with E-state index < -0.39 is 11.7 Å². The first-order valence-corrected chi connectivity index (χ1v) is 5.71. The van der Waals surface area contributed by atoms with Crippen molar-refractivity contribution in [3.63, 3.8) is 0 Å². The van der Waals surface area contributed by atoms with Crippen LogP contribution in [0.2, 0.25) is 0 Å². The molecule has 0 fully saturated rings. The van der Waals surface area contributed by atoms with E-state index in [0.717, 1.165) is 0 Å². The van der Waals surface area contributed by atoms with Crippen LogP contribution < -0.4 is 11.1 Å². The topological polar surface area (TPSA) is 96.7 Å². The Hall–Kier alpha value is -2.35. The van der Waals surface area contributed by atoms with Crippen molar-refractivity contribution in [1.29, 1.82) is 0 Å². The first kappa shape index (κ1) is 13.1. The zero-order valence-corrected chi connectivity index (χ0v) is 10.5. The highest BCUT2D eigenvalue weighted by molar-refractivity contribution is 7.80. The molecule has 0 saturated carbocycles. The van der Waals surface area contributed by atoms with E-state index >= 15 is 0 Å². The number of benzene rings is 1. The summed E-state index contributed by atoms with van der Waals surface area (Å²) in [7, 11) is 0. The summed E-state index contributed by atoms with van der Waals surface area (Å²) in [6.07, 6.45) is 1.28. The molecule has 98 valence electrons. The molecular formula is C11H10FN5OS. The molecule has 2 aromatic rings. The molecule has 0 saturated heterocycles. The fraction of sp³-hybridized carbons (Fsp3) is 0.0909. The van der Waals surface area contributed by atoms with Gasteiger partial charge < -0.3 is 11.1 Å². The highest BCUT2D eigenvalue weighted by Crippen LogP contribution is 2.10. The number of rotatable bonds is 4. The van der Waals surface area contributed by atoms with Crippen LogP contribution in [0.3, 0.4) is 0 Å². The van der Waals surface area contributed by atoms with Crippen molar-refractivity contribution in [2.24, 2.45) is 5.73 Å². The molecule has 0 aliphatic carbocycles. The molecule has 1 amide bonds. The number of halogens is 1. The van der Waals surface area contributed by atoms with Crippen LogP contribution in [0, 0.1) is 5.82 Å². The van der Waals surface area contributed by atoms with E-state index in [0.29, 0.717) is 11.1 Å². The molecule has 2 rings (SSSR count). The van der Waals surface area contributed by atoms with Crippen molar-refractivity contribution in [2.45, 2.75) is 6.54 Å². The second kappa shape index (κ2) is 5.53. The maximum Gasteiger partial charge on any atom is 0.273 e. The number of hydrogen-bond donors (Lipinski definition) is 3. The van der Waals surface area contributed by atoms with Gasteiger partial charge in [0.25, 0.3) is 5.91 Å². The Morgan fingerprint density at radius 1 is 1.53 bits per heavy atom. The molecule has 19 heavy (non-hydrogen) atoms. The van der Waals surface area contributed by atoms with Gasteiger partial charge in [-0.15, -0.1) is 0 Å². The average molecular weight is 279 g/mol. The number of nitrogens with two attached hydrogens (primary N) is 1. The number of carbonyl (C=O) groups is 1. The third-order valence-electron chi connectivity index (χ3n) is 2.42. The Bertz CT molecular complexity index is 614. The van der Waals surface area contributed by atoms with Gasteiger partial charge in [-0.1, -0.05) is 24.4 Å². The van der Waals surface area contributed by atoms with E-state index in [4.69, 9.17) is 18.0 Å². The summed E-state index contributed by atoms with van der Waals surface area (Å²) in [5, 5.41) is 12.0. The van der Waals surface area contributed by atoms with Gasteiger partial charge in [0.1, 0.15) is 10.8 Å². The Labute approximate surface area is 113 Å². The van der Waals surface area contributed by atoms with Crippen LogP contribution in [-0.4, -0.2) is 26.3 Å². The van der Waals surface area contributed by atoms with Gasteiger partial charge in [0, 0.05) is 17.7 Å². The van der Waals surface area contributed by atoms with Crippen LogP contribution in [-0.2, 0) is 6.54 Å². The number of aromatic amines is 1. The average Bonchev–Trinajstić information content (AvgIpc) is 2.90. The SMILES string of the molecule is NC(=S)c1ccc(CNC(=O)c2cn[nH]n2)c(F)c1. The Morgan fingerprint density at radius 3 is 2.89 bits per heavy atom. The van der Waals surface area contributed by atoms with E-state index in [9.17, 15) is 9.18 Å². The molecule has 1 aromatic heterocycles. The predicted molar refractivity (Wildman–Crippen MR) is 69.8 cm³/mol. The van der Waals surface area contributed by atoms with Crippen molar-refractivity contribution in [1.82, 2.24) is 20.7 Å². The predicted octanol–water partition coefficient (Wildman–Crippen LogP) is 0.508. The minimum atomic E-state index is -0.481. The quantitative estimate of drug-likeness (QED) is 0.708. The van der Waals surface area contributed by atoms with Crippen molar-refractivity contribution in [3.05, 3.63) is 47.0 Å². The van der Waals surface area contributed by atoms with E-state index in [1.807, 2.05) is 0 Å². The monoisotopic (exact) mass is 279 g/mol. The number of amides is 1. The fourth-order valence-corrected chi connectivity index (χ4v) is 1.55. The molecule has 1 aromatic carbocycles. The van der Waals surface area contributed by atoms with Gasteiger partial charge in [-0.25, -0.2) is 4.39 Å². The molecule has 1 heterocycles. The Kier molecular flexibility index (Phi) is 3.81. The molecule has 6 nitrogen and oxygen atoms in total. The number of carbonyl (C=O) groups excluding carboxylic acids is 1. The van der Waals surface area contributed by atoms with Crippen LogP contribution in [0.1, 0.15) is 21.6 Å². The summed E-state index contributed by atoms with van der Waals surface area (Å²) in [6, 6.07) is 4.36. The van der Waals surface area contributed by atoms with E-state index in [1.165, 1.54) is 18.3 Å². The highest BCUT2D eigenvalue weighted by atomic mass is 32.1. The highest BCUT2D eigenvalue weighted by Gasteiger charge is 2.10. The Morgan fingerprint density at radius 2 is 2.32 bits per heavy atom. The number of H-pyrrole nitrogens is 1. The van der Waals surface area contributed by atoms with Crippen LogP contribution >= 0.6 is 12.2 Å². The summed E-state index contributed by atoms with van der Waals surface area (Å²) in [4.78, 5) is 11.7. The number of aromatic nitrogens is 3. The van der Waals surface area contributed by atoms with Crippen LogP contribution in [0.25, 0.3) is 0 Å². The molecule has 8 heteroatoms. The van der Waals surface area contributed by atoms with Crippen molar-refractivity contribution < 1.29 is 9.18 Å². The van der Waals surface area contributed by atoms with E-state index in [2.05, 4.69) is 20.7 Å². The maximum absolute atomic E-state index is 13.7.